The summed E-state index contributed by atoms with van der Waals surface area (Å²) in [4.78, 5) is 0. The largest absolute Gasteiger partial charge is 0.382 e. The maximum absolute atomic E-state index is 3.73. The van der Waals surface area contributed by atoms with Gasteiger partial charge in [-0.25, -0.2) is 0 Å². The van der Waals surface area contributed by atoms with E-state index in [0.29, 0.717) is 0 Å². The summed E-state index contributed by atoms with van der Waals surface area (Å²) in [7, 11) is 0. The van der Waals surface area contributed by atoms with Crippen LogP contribution in [0.4, 0.5) is 5.69 Å². The highest BCUT2D eigenvalue weighted by Crippen LogP contribution is 2.42. The zero-order valence-corrected chi connectivity index (χ0v) is 10.8. The zero-order chi connectivity index (χ0) is 11.7. The van der Waals surface area contributed by atoms with Gasteiger partial charge in [0.15, 0.2) is 0 Å². The fourth-order valence-electron chi connectivity index (χ4n) is 3.05. The molecule has 17 heavy (non-hydrogen) atoms. The van der Waals surface area contributed by atoms with Gasteiger partial charge in [-0.3, -0.25) is 0 Å². The van der Waals surface area contributed by atoms with Gasteiger partial charge in [0.05, 0.1) is 0 Å². The third kappa shape index (κ3) is 2.65. The molecule has 1 aromatic carbocycles. The summed E-state index contributed by atoms with van der Waals surface area (Å²) in [5, 5.41) is 3.73. The SMILES string of the molecule is Cc1ccc(NC2CCCCC2)cc1C1CC1. The van der Waals surface area contributed by atoms with Crippen LogP contribution in [0.5, 0.6) is 0 Å². The highest BCUT2D eigenvalue weighted by atomic mass is 14.9. The van der Waals surface area contributed by atoms with E-state index in [0.717, 1.165) is 12.0 Å². The molecular weight excluding hydrogens is 206 g/mol. The van der Waals surface area contributed by atoms with Crippen molar-refractivity contribution in [2.45, 2.75) is 63.8 Å². The highest BCUT2D eigenvalue weighted by molar-refractivity contribution is 5.51. The van der Waals surface area contributed by atoms with E-state index in [1.165, 1.54) is 56.2 Å². The molecule has 92 valence electrons. The van der Waals surface area contributed by atoms with E-state index >= 15 is 0 Å². The summed E-state index contributed by atoms with van der Waals surface area (Å²) in [6.45, 7) is 2.25. The first-order valence-electron chi connectivity index (χ1n) is 7.20. The van der Waals surface area contributed by atoms with Crippen LogP contribution < -0.4 is 5.32 Å². The maximum atomic E-state index is 3.73. The van der Waals surface area contributed by atoms with Crippen molar-refractivity contribution in [1.29, 1.82) is 0 Å². The van der Waals surface area contributed by atoms with Gasteiger partial charge < -0.3 is 5.32 Å². The molecule has 0 saturated heterocycles. The van der Waals surface area contributed by atoms with Crippen LogP contribution in [0.15, 0.2) is 18.2 Å². The van der Waals surface area contributed by atoms with Crippen molar-refractivity contribution in [3.63, 3.8) is 0 Å². The van der Waals surface area contributed by atoms with Crippen molar-refractivity contribution in [2.75, 3.05) is 5.32 Å². The molecule has 0 heterocycles. The molecule has 1 N–H and O–H groups in total. The van der Waals surface area contributed by atoms with Crippen molar-refractivity contribution in [3.8, 4) is 0 Å². The van der Waals surface area contributed by atoms with Gasteiger partial charge in [0.2, 0.25) is 0 Å². The summed E-state index contributed by atoms with van der Waals surface area (Å²) in [5.74, 6) is 0.864. The Balaban J connectivity index is 1.71. The molecule has 1 aromatic rings. The highest BCUT2D eigenvalue weighted by Gasteiger charge is 2.25. The van der Waals surface area contributed by atoms with E-state index in [1.807, 2.05) is 0 Å². The summed E-state index contributed by atoms with van der Waals surface area (Å²) in [5.41, 5.74) is 4.41. The van der Waals surface area contributed by atoms with Crippen LogP contribution in [-0.2, 0) is 0 Å². The standard InChI is InChI=1S/C16H23N/c1-12-7-10-15(11-16(12)13-8-9-13)17-14-5-3-2-4-6-14/h7,10-11,13-14,17H,2-6,8-9H2,1H3. The zero-order valence-electron chi connectivity index (χ0n) is 10.8. The van der Waals surface area contributed by atoms with Gasteiger partial charge in [-0.1, -0.05) is 25.3 Å². The van der Waals surface area contributed by atoms with Crippen molar-refractivity contribution >= 4 is 5.69 Å². The van der Waals surface area contributed by atoms with Gasteiger partial charge >= 0.3 is 0 Å². The summed E-state index contributed by atoms with van der Waals surface area (Å²) in [6.07, 6.45) is 9.73. The lowest BCUT2D eigenvalue weighted by atomic mass is 9.95. The molecule has 2 saturated carbocycles. The second-order valence-corrected chi connectivity index (χ2v) is 5.82. The number of hydrogen-bond acceptors (Lipinski definition) is 1. The molecule has 0 radical (unpaired) electrons. The first-order chi connectivity index (χ1) is 8.33. The van der Waals surface area contributed by atoms with Gasteiger partial charge in [0.25, 0.3) is 0 Å². The lowest BCUT2D eigenvalue weighted by molar-refractivity contribution is 0.462. The Bertz CT molecular complexity index is 387. The minimum Gasteiger partial charge on any atom is -0.382 e. The first-order valence-corrected chi connectivity index (χ1v) is 7.20. The molecule has 0 amide bonds. The molecule has 1 heteroatoms. The minimum atomic E-state index is 0.721. The molecule has 2 aliphatic rings. The number of benzene rings is 1. The molecule has 0 unspecified atom stereocenters. The molecule has 0 aromatic heterocycles. The van der Waals surface area contributed by atoms with E-state index in [1.54, 1.807) is 5.56 Å². The smallest absolute Gasteiger partial charge is 0.0345 e. The van der Waals surface area contributed by atoms with Crippen LogP contribution in [0.1, 0.15) is 62.0 Å². The maximum Gasteiger partial charge on any atom is 0.0345 e. The van der Waals surface area contributed by atoms with Crippen LogP contribution in [0, 0.1) is 6.92 Å². The van der Waals surface area contributed by atoms with E-state index in [2.05, 4.69) is 30.4 Å². The molecule has 2 fully saturated rings. The van der Waals surface area contributed by atoms with Gasteiger partial charge in [0.1, 0.15) is 0 Å². The fraction of sp³-hybridized carbons (Fsp3) is 0.625. The Morgan fingerprint density at radius 1 is 1.00 bits per heavy atom. The van der Waals surface area contributed by atoms with Crippen LogP contribution in [0.2, 0.25) is 0 Å². The Morgan fingerprint density at radius 2 is 1.76 bits per heavy atom. The fourth-order valence-corrected chi connectivity index (χ4v) is 3.05. The van der Waals surface area contributed by atoms with Crippen LogP contribution in [0.3, 0.4) is 0 Å². The van der Waals surface area contributed by atoms with Crippen molar-refractivity contribution < 1.29 is 0 Å². The molecule has 3 rings (SSSR count). The molecule has 0 aliphatic heterocycles. The Morgan fingerprint density at radius 3 is 2.47 bits per heavy atom. The van der Waals surface area contributed by atoms with Crippen LogP contribution >= 0.6 is 0 Å². The van der Waals surface area contributed by atoms with E-state index in [9.17, 15) is 0 Å². The topological polar surface area (TPSA) is 12.0 Å². The summed E-state index contributed by atoms with van der Waals surface area (Å²) >= 11 is 0. The van der Waals surface area contributed by atoms with E-state index in [-0.39, 0.29) is 0 Å². The average Bonchev–Trinajstić information content (AvgIpc) is 3.17. The quantitative estimate of drug-likeness (QED) is 0.797. The van der Waals surface area contributed by atoms with Crippen LogP contribution in [0.25, 0.3) is 0 Å². The summed E-state index contributed by atoms with van der Waals surface area (Å²) in [6, 6.07) is 7.68. The lowest BCUT2D eigenvalue weighted by Crippen LogP contribution is -2.22. The minimum absolute atomic E-state index is 0.721. The van der Waals surface area contributed by atoms with Gasteiger partial charge in [-0.05, 0) is 61.8 Å². The Hall–Kier alpha value is -0.980. The van der Waals surface area contributed by atoms with Gasteiger partial charge in [0, 0.05) is 11.7 Å². The van der Waals surface area contributed by atoms with E-state index in [4.69, 9.17) is 0 Å². The molecule has 0 spiro atoms. The lowest BCUT2D eigenvalue weighted by Gasteiger charge is -2.24. The Kier molecular flexibility index (Phi) is 3.09. The first kappa shape index (κ1) is 11.1. The summed E-state index contributed by atoms with van der Waals surface area (Å²) < 4.78 is 0. The molecule has 1 nitrogen and oxygen atoms in total. The normalized spacial score (nSPS) is 21.5. The predicted octanol–water partition coefficient (Wildman–Crippen LogP) is 4.62. The number of anilines is 1. The third-order valence-electron chi connectivity index (χ3n) is 4.27. The number of nitrogens with one attached hydrogen (secondary N) is 1. The van der Waals surface area contributed by atoms with Crippen molar-refractivity contribution in [3.05, 3.63) is 29.3 Å². The second kappa shape index (κ2) is 4.72. The number of rotatable bonds is 3. The average molecular weight is 229 g/mol. The monoisotopic (exact) mass is 229 g/mol. The Labute approximate surface area is 105 Å². The number of hydrogen-bond donors (Lipinski definition) is 1. The predicted molar refractivity (Wildman–Crippen MR) is 73.6 cm³/mol. The second-order valence-electron chi connectivity index (χ2n) is 5.82. The number of aryl methyl sites for hydroxylation is 1. The van der Waals surface area contributed by atoms with Gasteiger partial charge in [-0.2, -0.15) is 0 Å². The van der Waals surface area contributed by atoms with Crippen molar-refractivity contribution in [2.24, 2.45) is 0 Å². The molecule has 2 aliphatic carbocycles. The van der Waals surface area contributed by atoms with Gasteiger partial charge in [-0.15, -0.1) is 0 Å². The third-order valence-corrected chi connectivity index (χ3v) is 4.27. The molecule has 0 bridgehead atoms. The van der Waals surface area contributed by atoms with E-state index < -0.39 is 0 Å². The molecule has 0 atom stereocenters. The molecular formula is C16H23N. The van der Waals surface area contributed by atoms with Crippen molar-refractivity contribution in [1.82, 2.24) is 0 Å². The van der Waals surface area contributed by atoms with Crippen LogP contribution in [-0.4, -0.2) is 6.04 Å².